The van der Waals surface area contributed by atoms with Crippen molar-refractivity contribution in [3.8, 4) is 0 Å². The molecular weight excluding hydrogens is 190 g/mol. The molecule has 0 spiro atoms. The van der Waals surface area contributed by atoms with Crippen molar-refractivity contribution in [1.82, 2.24) is 15.5 Å². The van der Waals surface area contributed by atoms with Gasteiger partial charge in [-0.15, -0.1) is 10.2 Å². The second-order valence-corrected chi connectivity index (χ2v) is 4.45. The highest BCUT2D eigenvalue weighted by atomic mass is 16.4. The van der Waals surface area contributed by atoms with Crippen molar-refractivity contribution in [2.45, 2.75) is 45.4 Å². The van der Waals surface area contributed by atoms with Crippen LogP contribution in [0.15, 0.2) is 4.42 Å². The van der Waals surface area contributed by atoms with E-state index in [2.05, 4.69) is 36.3 Å². The minimum atomic E-state index is -0.00570. The Morgan fingerprint density at radius 3 is 2.67 bits per heavy atom. The molecule has 4 heteroatoms. The summed E-state index contributed by atoms with van der Waals surface area (Å²) in [7, 11) is 1.94. The van der Waals surface area contributed by atoms with Crippen LogP contribution in [0.1, 0.15) is 45.4 Å². The first-order chi connectivity index (χ1) is 7.10. The topological polar surface area (TPSA) is 51.0 Å². The van der Waals surface area contributed by atoms with Gasteiger partial charge in [-0.1, -0.05) is 20.8 Å². The van der Waals surface area contributed by atoms with E-state index >= 15 is 0 Å². The molecule has 0 saturated heterocycles. The minimum Gasteiger partial charge on any atom is -0.425 e. The zero-order valence-electron chi connectivity index (χ0n) is 10.1. The summed E-state index contributed by atoms with van der Waals surface area (Å²) in [5, 5.41) is 11.3. The third kappa shape index (κ3) is 3.30. The van der Waals surface area contributed by atoms with Crippen LogP contribution in [0.2, 0.25) is 0 Å². The summed E-state index contributed by atoms with van der Waals surface area (Å²) < 4.78 is 5.64. The highest BCUT2D eigenvalue weighted by molar-refractivity contribution is 4.98. The van der Waals surface area contributed by atoms with Gasteiger partial charge in [-0.25, -0.2) is 0 Å². The predicted octanol–water partition coefficient (Wildman–Crippen LogP) is 1.91. The maximum absolute atomic E-state index is 5.64. The third-order valence-electron chi connectivity index (χ3n) is 2.75. The van der Waals surface area contributed by atoms with Crippen molar-refractivity contribution in [3.05, 3.63) is 11.8 Å². The molecule has 0 radical (unpaired) electrons. The monoisotopic (exact) mass is 211 g/mol. The number of nitrogens with zero attached hydrogens (tertiary/aromatic N) is 2. The van der Waals surface area contributed by atoms with Gasteiger partial charge in [-0.3, -0.25) is 0 Å². The molecule has 0 bridgehead atoms. The first-order valence-corrected chi connectivity index (χ1v) is 5.57. The van der Waals surface area contributed by atoms with Crippen LogP contribution in [0, 0.1) is 0 Å². The van der Waals surface area contributed by atoms with Crippen LogP contribution in [-0.4, -0.2) is 23.8 Å². The Kier molecular flexibility index (Phi) is 4.27. The van der Waals surface area contributed by atoms with Crippen molar-refractivity contribution >= 4 is 0 Å². The van der Waals surface area contributed by atoms with Crippen molar-refractivity contribution in [3.63, 3.8) is 0 Å². The van der Waals surface area contributed by atoms with Gasteiger partial charge >= 0.3 is 0 Å². The quantitative estimate of drug-likeness (QED) is 0.730. The van der Waals surface area contributed by atoms with Crippen molar-refractivity contribution in [1.29, 1.82) is 0 Å². The van der Waals surface area contributed by atoms with E-state index in [0.717, 1.165) is 37.6 Å². The van der Waals surface area contributed by atoms with E-state index < -0.39 is 0 Å². The fraction of sp³-hybridized carbons (Fsp3) is 0.818. The van der Waals surface area contributed by atoms with Crippen molar-refractivity contribution in [2.75, 3.05) is 13.6 Å². The third-order valence-corrected chi connectivity index (χ3v) is 2.75. The summed E-state index contributed by atoms with van der Waals surface area (Å²) in [6.45, 7) is 7.36. The lowest BCUT2D eigenvalue weighted by molar-refractivity contribution is 0.343. The van der Waals surface area contributed by atoms with Crippen LogP contribution in [0.3, 0.4) is 0 Å². The Bertz CT molecular complexity index is 294. The maximum atomic E-state index is 5.64. The van der Waals surface area contributed by atoms with Gasteiger partial charge in [0.25, 0.3) is 0 Å². The molecule has 0 saturated carbocycles. The largest absolute Gasteiger partial charge is 0.425 e. The molecule has 0 amide bonds. The molecule has 1 rings (SSSR count). The van der Waals surface area contributed by atoms with Gasteiger partial charge in [0.05, 0.1) is 0 Å². The molecule has 0 atom stereocenters. The van der Waals surface area contributed by atoms with Gasteiger partial charge < -0.3 is 9.73 Å². The van der Waals surface area contributed by atoms with Gasteiger partial charge in [0.15, 0.2) is 0 Å². The molecule has 86 valence electrons. The lowest BCUT2D eigenvalue weighted by Crippen LogP contribution is -2.15. The van der Waals surface area contributed by atoms with Gasteiger partial charge in [0.2, 0.25) is 11.8 Å². The zero-order chi connectivity index (χ0) is 11.3. The van der Waals surface area contributed by atoms with E-state index in [9.17, 15) is 0 Å². The number of aromatic nitrogens is 2. The molecule has 0 aliphatic carbocycles. The van der Waals surface area contributed by atoms with Crippen LogP contribution >= 0.6 is 0 Å². The summed E-state index contributed by atoms with van der Waals surface area (Å²) >= 11 is 0. The zero-order valence-corrected chi connectivity index (χ0v) is 10.1. The summed E-state index contributed by atoms with van der Waals surface area (Å²) in [5.74, 6) is 1.51. The number of rotatable bonds is 6. The summed E-state index contributed by atoms with van der Waals surface area (Å²) in [6, 6.07) is 0. The van der Waals surface area contributed by atoms with Crippen LogP contribution in [0.5, 0.6) is 0 Å². The molecule has 0 unspecified atom stereocenters. The molecule has 15 heavy (non-hydrogen) atoms. The number of aryl methyl sites for hydroxylation is 1. The normalized spacial score (nSPS) is 12.0. The molecule has 1 aromatic heterocycles. The van der Waals surface area contributed by atoms with Crippen molar-refractivity contribution in [2.24, 2.45) is 0 Å². The van der Waals surface area contributed by atoms with Crippen molar-refractivity contribution < 1.29 is 4.42 Å². The first kappa shape index (κ1) is 12.2. The van der Waals surface area contributed by atoms with E-state index in [1.54, 1.807) is 0 Å². The Labute approximate surface area is 91.5 Å². The average molecular weight is 211 g/mol. The number of hydrogen-bond acceptors (Lipinski definition) is 4. The van der Waals surface area contributed by atoms with E-state index in [0.29, 0.717) is 0 Å². The maximum Gasteiger partial charge on any atom is 0.222 e. The average Bonchev–Trinajstić information content (AvgIpc) is 2.68. The molecule has 0 aliphatic heterocycles. The fourth-order valence-electron chi connectivity index (χ4n) is 1.20. The molecule has 1 aromatic rings. The van der Waals surface area contributed by atoms with Gasteiger partial charge in [0, 0.05) is 11.8 Å². The molecule has 0 aliphatic rings. The van der Waals surface area contributed by atoms with Crippen LogP contribution in [-0.2, 0) is 11.8 Å². The predicted molar refractivity (Wildman–Crippen MR) is 59.9 cm³/mol. The highest BCUT2D eigenvalue weighted by Gasteiger charge is 2.24. The molecular formula is C11H21N3O. The first-order valence-electron chi connectivity index (χ1n) is 5.57. The summed E-state index contributed by atoms with van der Waals surface area (Å²) in [4.78, 5) is 0. The summed E-state index contributed by atoms with van der Waals surface area (Å²) in [5.41, 5.74) is -0.00570. The van der Waals surface area contributed by atoms with Crippen LogP contribution < -0.4 is 5.32 Å². The van der Waals surface area contributed by atoms with Gasteiger partial charge in [-0.2, -0.15) is 0 Å². The van der Waals surface area contributed by atoms with E-state index in [1.165, 1.54) is 0 Å². The lowest BCUT2D eigenvalue weighted by atomic mass is 9.90. The lowest BCUT2D eigenvalue weighted by Gasteiger charge is -2.16. The summed E-state index contributed by atoms with van der Waals surface area (Å²) in [6.07, 6.45) is 2.89. The van der Waals surface area contributed by atoms with Gasteiger partial charge in [0.1, 0.15) is 0 Å². The van der Waals surface area contributed by atoms with Crippen LogP contribution in [0.25, 0.3) is 0 Å². The second-order valence-electron chi connectivity index (χ2n) is 4.45. The second kappa shape index (κ2) is 5.26. The van der Waals surface area contributed by atoms with Gasteiger partial charge in [-0.05, 0) is 26.4 Å². The smallest absolute Gasteiger partial charge is 0.222 e. The van der Waals surface area contributed by atoms with E-state index in [1.807, 2.05) is 7.05 Å². The molecule has 0 fully saturated rings. The van der Waals surface area contributed by atoms with E-state index in [4.69, 9.17) is 4.42 Å². The highest BCUT2D eigenvalue weighted by Crippen LogP contribution is 2.25. The van der Waals surface area contributed by atoms with Crippen LogP contribution in [0.4, 0.5) is 0 Å². The molecule has 1 heterocycles. The Morgan fingerprint density at radius 1 is 1.33 bits per heavy atom. The molecule has 1 N–H and O–H groups in total. The Balaban J connectivity index is 2.56. The van der Waals surface area contributed by atoms with E-state index in [-0.39, 0.29) is 5.41 Å². The fourth-order valence-corrected chi connectivity index (χ4v) is 1.20. The number of hydrogen-bond donors (Lipinski definition) is 1. The number of nitrogens with one attached hydrogen (secondary N) is 1. The SMILES string of the molecule is CCC(C)(C)c1nnc(CCCNC)o1. The Morgan fingerprint density at radius 2 is 2.07 bits per heavy atom. The Hall–Kier alpha value is -0.900. The minimum absolute atomic E-state index is 0.00570. The molecule has 0 aromatic carbocycles. The molecule has 4 nitrogen and oxygen atoms in total. The standard InChI is InChI=1S/C11H21N3O/c1-5-11(2,3)10-14-13-9(15-10)7-6-8-12-4/h12H,5-8H2,1-4H3.